The van der Waals surface area contributed by atoms with Crippen molar-refractivity contribution in [2.24, 2.45) is 5.73 Å². The van der Waals surface area contributed by atoms with Gasteiger partial charge in [0.25, 0.3) is 0 Å². The van der Waals surface area contributed by atoms with E-state index in [2.05, 4.69) is 4.90 Å². The molecule has 0 radical (unpaired) electrons. The van der Waals surface area contributed by atoms with Gasteiger partial charge in [-0.25, -0.2) is 4.39 Å². The average Bonchev–Trinajstić information content (AvgIpc) is 2.38. The predicted molar refractivity (Wildman–Crippen MR) is 68.2 cm³/mol. The SMILES string of the molecule is NCCC(c1ccc(F)cc1)N1CCCCC1. The Morgan fingerprint density at radius 2 is 1.76 bits per heavy atom. The van der Waals surface area contributed by atoms with Crippen molar-refractivity contribution in [3.63, 3.8) is 0 Å². The zero-order valence-corrected chi connectivity index (χ0v) is 10.2. The normalized spacial score (nSPS) is 19.2. The lowest BCUT2D eigenvalue weighted by Gasteiger charge is -2.34. The fourth-order valence-electron chi connectivity index (χ4n) is 2.63. The van der Waals surface area contributed by atoms with Gasteiger partial charge in [-0.3, -0.25) is 4.90 Å². The molecule has 1 aliphatic rings. The van der Waals surface area contributed by atoms with E-state index in [1.807, 2.05) is 12.1 Å². The molecule has 0 bridgehead atoms. The number of likely N-dealkylation sites (tertiary alicyclic amines) is 1. The number of hydrogen-bond acceptors (Lipinski definition) is 2. The van der Waals surface area contributed by atoms with Gasteiger partial charge in [0.05, 0.1) is 0 Å². The van der Waals surface area contributed by atoms with Crippen molar-refractivity contribution in [1.29, 1.82) is 0 Å². The first-order valence-electron chi connectivity index (χ1n) is 6.51. The average molecular weight is 236 g/mol. The fraction of sp³-hybridized carbons (Fsp3) is 0.571. The molecule has 0 saturated carbocycles. The van der Waals surface area contributed by atoms with Crippen molar-refractivity contribution in [3.8, 4) is 0 Å². The van der Waals surface area contributed by atoms with E-state index in [1.54, 1.807) is 12.1 Å². The molecule has 1 heterocycles. The van der Waals surface area contributed by atoms with Crippen molar-refractivity contribution in [2.45, 2.75) is 31.7 Å². The molecule has 94 valence electrons. The van der Waals surface area contributed by atoms with Crippen molar-refractivity contribution in [2.75, 3.05) is 19.6 Å². The van der Waals surface area contributed by atoms with Crippen molar-refractivity contribution in [1.82, 2.24) is 4.90 Å². The van der Waals surface area contributed by atoms with Crippen LogP contribution < -0.4 is 5.73 Å². The molecule has 1 saturated heterocycles. The third kappa shape index (κ3) is 3.27. The monoisotopic (exact) mass is 236 g/mol. The summed E-state index contributed by atoms with van der Waals surface area (Å²) in [6.45, 7) is 2.96. The van der Waals surface area contributed by atoms with Crippen LogP contribution in [0.2, 0.25) is 0 Å². The van der Waals surface area contributed by atoms with Gasteiger partial charge in [0.15, 0.2) is 0 Å². The highest BCUT2D eigenvalue weighted by atomic mass is 19.1. The maximum Gasteiger partial charge on any atom is 0.123 e. The highest BCUT2D eigenvalue weighted by Crippen LogP contribution is 2.27. The second kappa shape index (κ2) is 6.12. The van der Waals surface area contributed by atoms with Crippen molar-refractivity contribution in [3.05, 3.63) is 35.6 Å². The van der Waals surface area contributed by atoms with E-state index in [1.165, 1.54) is 24.8 Å². The molecule has 2 nitrogen and oxygen atoms in total. The van der Waals surface area contributed by atoms with E-state index >= 15 is 0 Å². The van der Waals surface area contributed by atoms with Crippen LogP contribution in [-0.2, 0) is 0 Å². The van der Waals surface area contributed by atoms with E-state index < -0.39 is 0 Å². The second-order valence-corrected chi connectivity index (χ2v) is 4.74. The topological polar surface area (TPSA) is 29.3 Å². The molecule has 3 heteroatoms. The Morgan fingerprint density at radius 1 is 1.12 bits per heavy atom. The molecule has 0 aliphatic carbocycles. The van der Waals surface area contributed by atoms with Crippen LogP contribution in [0.4, 0.5) is 4.39 Å². The first-order valence-corrected chi connectivity index (χ1v) is 6.51. The van der Waals surface area contributed by atoms with Gasteiger partial charge in [0, 0.05) is 6.04 Å². The second-order valence-electron chi connectivity index (χ2n) is 4.74. The van der Waals surface area contributed by atoms with E-state index in [0.717, 1.165) is 19.5 Å². The molecule has 0 amide bonds. The van der Waals surface area contributed by atoms with Gasteiger partial charge >= 0.3 is 0 Å². The number of nitrogens with zero attached hydrogens (tertiary/aromatic N) is 1. The molecule has 2 rings (SSSR count). The molecule has 0 spiro atoms. The summed E-state index contributed by atoms with van der Waals surface area (Å²) in [6.07, 6.45) is 4.81. The third-order valence-electron chi connectivity index (χ3n) is 3.53. The number of hydrogen-bond donors (Lipinski definition) is 1. The fourth-order valence-corrected chi connectivity index (χ4v) is 2.63. The van der Waals surface area contributed by atoms with Crippen molar-refractivity contribution >= 4 is 0 Å². The Bertz CT molecular complexity index is 331. The summed E-state index contributed by atoms with van der Waals surface area (Å²) in [6, 6.07) is 7.24. The van der Waals surface area contributed by atoms with E-state index in [-0.39, 0.29) is 5.82 Å². The molecule has 1 aromatic rings. The lowest BCUT2D eigenvalue weighted by atomic mass is 9.99. The molecule has 1 aromatic carbocycles. The molecule has 1 atom stereocenters. The van der Waals surface area contributed by atoms with Crippen LogP contribution in [0, 0.1) is 5.82 Å². The molecule has 2 N–H and O–H groups in total. The first kappa shape index (κ1) is 12.5. The summed E-state index contributed by atoms with van der Waals surface area (Å²) in [5.41, 5.74) is 6.90. The van der Waals surface area contributed by atoms with Crippen LogP contribution in [0.1, 0.15) is 37.3 Å². The molecule has 1 aliphatic heterocycles. The minimum atomic E-state index is -0.168. The Hall–Kier alpha value is -0.930. The summed E-state index contributed by atoms with van der Waals surface area (Å²) in [4.78, 5) is 2.49. The largest absolute Gasteiger partial charge is 0.330 e. The van der Waals surface area contributed by atoms with Crippen molar-refractivity contribution < 1.29 is 4.39 Å². The van der Waals surface area contributed by atoms with Gasteiger partial charge in [-0.1, -0.05) is 18.6 Å². The molecule has 1 unspecified atom stereocenters. The Morgan fingerprint density at radius 3 is 2.35 bits per heavy atom. The van der Waals surface area contributed by atoms with Gasteiger partial charge in [0.1, 0.15) is 5.82 Å². The lowest BCUT2D eigenvalue weighted by molar-refractivity contribution is 0.157. The van der Waals surface area contributed by atoms with Crippen LogP contribution in [0.3, 0.4) is 0 Å². The van der Waals surface area contributed by atoms with Gasteiger partial charge in [-0.2, -0.15) is 0 Å². The zero-order valence-electron chi connectivity index (χ0n) is 10.2. The van der Waals surface area contributed by atoms with E-state index in [4.69, 9.17) is 5.73 Å². The molecular weight excluding hydrogens is 215 g/mol. The molecule has 0 aromatic heterocycles. The first-order chi connectivity index (χ1) is 8.31. The minimum absolute atomic E-state index is 0.168. The smallest absolute Gasteiger partial charge is 0.123 e. The highest BCUT2D eigenvalue weighted by Gasteiger charge is 2.21. The Labute approximate surface area is 103 Å². The zero-order chi connectivity index (χ0) is 12.1. The molecule has 17 heavy (non-hydrogen) atoms. The maximum atomic E-state index is 12.9. The van der Waals surface area contributed by atoms with Gasteiger partial charge in [-0.05, 0) is 56.6 Å². The quantitative estimate of drug-likeness (QED) is 0.871. The van der Waals surface area contributed by atoms with Gasteiger partial charge in [0.2, 0.25) is 0 Å². The minimum Gasteiger partial charge on any atom is -0.330 e. The Balaban J connectivity index is 2.12. The molecule has 1 fully saturated rings. The number of nitrogens with two attached hydrogens (primary N) is 1. The number of halogens is 1. The number of piperidine rings is 1. The summed E-state index contributed by atoms with van der Waals surface area (Å²) < 4.78 is 12.9. The van der Waals surface area contributed by atoms with Crippen LogP contribution in [0.15, 0.2) is 24.3 Å². The standard InChI is InChI=1S/C14H21FN2/c15-13-6-4-12(5-7-13)14(8-9-16)17-10-2-1-3-11-17/h4-7,14H,1-3,8-11,16H2. The maximum absolute atomic E-state index is 12.9. The summed E-state index contributed by atoms with van der Waals surface area (Å²) in [7, 11) is 0. The summed E-state index contributed by atoms with van der Waals surface area (Å²) >= 11 is 0. The number of rotatable bonds is 4. The van der Waals surface area contributed by atoms with E-state index in [0.29, 0.717) is 12.6 Å². The molecular formula is C14H21FN2. The van der Waals surface area contributed by atoms with Gasteiger partial charge < -0.3 is 5.73 Å². The Kier molecular flexibility index (Phi) is 4.51. The summed E-state index contributed by atoms with van der Waals surface area (Å²) in [5, 5.41) is 0. The third-order valence-corrected chi connectivity index (χ3v) is 3.53. The van der Waals surface area contributed by atoms with E-state index in [9.17, 15) is 4.39 Å². The van der Waals surface area contributed by atoms with Crippen LogP contribution >= 0.6 is 0 Å². The van der Waals surface area contributed by atoms with Gasteiger partial charge in [-0.15, -0.1) is 0 Å². The lowest BCUT2D eigenvalue weighted by Crippen LogP contribution is -2.34. The predicted octanol–water partition coefficient (Wildman–Crippen LogP) is 2.70. The number of benzene rings is 1. The van der Waals surface area contributed by atoms with Crippen LogP contribution in [0.25, 0.3) is 0 Å². The highest BCUT2D eigenvalue weighted by molar-refractivity contribution is 5.20. The summed E-state index contributed by atoms with van der Waals surface area (Å²) in [5.74, 6) is -0.168. The van der Waals surface area contributed by atoms with Crippen LogP contribution in [-0.4, -0.2) is 24.5 Å². The van der Waals surface area contributed by atoms with Crippen LogP contribution in [0.5, 0.6) is 0 Å².